The van der Waals surface area contributed by atoms with E-state index in [1.807, 2.05) is 24.0 Å². The summed E-state index contributed by atoms with van der Waals surface area (Å²) in [5, 5.41) is 0. The summed E-state index contributed by atoms with van der Waals surface area (Å²) < 4.78 is 5.63. The first-order valence-electron chi connectivity index (χ1n) is 13.5. The van der Waals surface area contributed by atoms with Gasteiger partial charge in [-0.05, 0) is 51.3 Å². The summed E-state index contributed by atoms with van der Waals surface area (Å²) in [7, 11) is 0. The van der Waals surface area contributed by atoms with E-state index in [1.165, 1.54) is 5.56 Å². The Labute approximate surface area is 219 Å². The maximum atomic E-state index is 12.3. The zero-order chi connectivity index (χ0) is 26.1. The number of nitrogens with zero attached hydrogens (tertiary/aromatic N) is 6. The van der Waals surface area contributed by atoms with Gasteiger partial charge in [-0.15, -0.1) is 0 Å². The molecule has 0 spiro atoms. The van der Waals surface area contributed by atoms with Crippen LogP contribution in [0.4, 0.5) is 11.8 Å². The lowest BCUT2D eigenvalue weighted by molar-refractivity contribution is -0.129. The van der Waals surface area contributed by atoms with Crippen molar-refractivity contribution in [1.82, 2.24) is 19.8 Å². The average Bonchev–Trinajstić information content (AvgIpc) is 3.67. The predicted molar refractivity (Wildman–Crippen MR) is 143 cm³/mol. The quantitative estimate of drug-likeness (QED) is 0.480. The molecule has 0 radical (unpaired) electrons. The predicted octanol–water partition coefficient (Wildman–Crippen LogP) is 3.18. The molecule has 1 aliphatic carbocycles. The Morgan fingerprint density at radius 3 is 2.41 bits per heavy atom. The zero-order valence-electron chi connectivity index (χ0n) is 22.4. The number of carbonyl (C=O) groups excluding carboxylic acids is 2. The van der Waals surface area contributed by atoms with Gasteiger partial charge in [-0.3, -0.25) is 9.69 Å². The van der Waals surface area contributed by atoms with Crippen LogP contribution in [-0.2, 0) is 22.7 Å². The summed E-state index contributed by atoms with van der Waals surface area (Å²) >= 11 is 0. The monoisotopic (exact) mass is 506 g/mol. The van der Waals surface area contributed by atoms with Gasteiger partial charge in [0.15, 0.2) is 0 Å². The summed E-state index contributed by atoms with van der Waals surface area (Å²) in [5.74, 6) is 2.58. The second kappa shape index (κ2) is 10.7. The third-order valence-corrected chi connectivity index (χ3v) is 7.63. The second-order valence-corrected chi connectivity index (χ2v) is 10.5. The van der Waals surface area contributed by atoms with E-state index >= 15 is 0 Å². The number of carbonyl (C=O) groups is 2. The normalized spacial score (nSPS) is 19.8. The molecule has 9 nitrogen and oxygen atoms in total. The minimum atomic E-state index is -0.375. The van der Waals surface area contributed by atoms with E-state index in [1.54, 1.807) is 6.92 Å². The van der Waals surface area contributed by atoms with E-state index in [9.17, 15) is 9.59 Å². The number of benzene rings is 1. The highest BCUT2D eigenvalue weighted by Gasteiger charge is 2.40. The molecule has 2 fully saturated rings. The van der Waals surface area contributed by atoms with Crippen molar-refractivity contribution in [2.75, 3.05) is 42.6 Å². The fourth-order valence-corrected chi connectivity index (χ4v) is 5.38. The van der Waals surface area contributed by atoms with Crippen LogP contribution in [0.25, 0.3) is 0 Å². The van der Waals surface area contributed by atoms with Crippen LogP contribution in [-0.4, -0.2) is 76.8 Å². The maximum Gasteiger partial charge on any atom is 0.227 e. The lowest BCUT2D eigenvalue weighted by Gasteiger charge is -2.35. The third kappa shape index (κ3) is 5.28. The minimum absolute atomic E-state index is 0.0964. The molecule has 3 aliphatic rings. The number of aromatic nitrogens is 2. The Kier molecular flexibility index (Phi) is 7.33. The van der Waals surface area contributed by atoms with E-state index < -0.39 is 0 Å². The van der Waals surface area contributed by atoms with E-state index in [2.05, 4.69) is 40.7 Å². The molecule has 1 saturated heterocycles. The number of hydrogen-bond donors (Lipinski definition) is 0. The van der Waals surface area contributed by atoms with Crippen LogP contribution in [0, 0.1) is 0 Å². The minimum Gasteiger partial charge on any atom is -0.494 e. The molecule has 0 bridgehead atoms. The van der Waals surface area contributed by atoms with Crippen molar-refractivity contribution in [2.45, 2.75) is 71.8 Å². The number of amides is 1. The van der Waals surface area contributed by atoms with Gasteiger partial charge in [-0.2, -0.15) is 4.98 Å². The Morgan fingerprint density at radius 1 is 1.14 bits per heavy atom. The van der Waals surface area contributed by atoms with Crippen molar-refractivity contribution >= 4 is 24.0 Å². The van der Waals surface area contributed by atoms with Gasteiger partial charge in [0.1, 0.15) is 23.9 Å². The number of ether oxygens (including phenoxy) is 1. The fraction of sp³-hybridized carbons (Fsp3) is 0.571. The van der Waals surface area contributed by atoms with Gasteiger partial charge in [-0.1, -0.05) is 12.1 Å². The summed E-state index contributed by atoms with van der Waals surface area (Å²) in [6.45, 7) is 12.6. The molecule has 2 aliphatic heterocycles. The smallest absolute Gasteiger partial charge is 0.227 e. The molecule has 0 unspecified atom stereocenters. The highest BCUT2D eigenvalue weighted by molar-refractivity contribution is 5.73. The number of rotatable bonds is 9. The van der Waals surface area contributed by atoms with Crippen LogP contribution < -0.4 is 14.5 Å². The molecule has 198 valence electrons. The lowest BCUT2D eigenvalue weighted by atomic mass is 10.1. The van der Waals surface area contributed by atoms with Gasteiger partial charge in [-0.25, -0.2) is 4.98 Å². The summed E-state index contributed by atoms with van der Waals surface area (Å²) in [4.78, 5) is 43.0. The number of hydrogen-bond acceptors (Lipinski definition) is 8. The van der Waals surface area contributed by atoms with Gasteiger partial charge >= 0.3 is 0 Å². The van der Waals surface area contributed by atoms with Crippen LogP contribution in [0.2, 0.25) is 0 Å². The molecule has 0 N–H and O–H groups in total. The van der Waals surface area contributed by atoms with E-state index in [0.717, 1.165) is 48.5 Å². The van der Waals surface area contributed by atoms with Crippen molar-refractivity contribution in [1.29, 1.82) is 0 Å². The lowest BCUT2D eigenvalue weighted by Crippen LogP contribution is -2.48. The highest BCUT2D eigenvalue weighted by Crippen LogP contribution is 2.42. The van der Waals surface area contributed by atoms with Crippen molar-refractivity contribution in [3.05, 3.63) is 41.1 Å². The number of anilines is 2. The second-order valence-electron chi connectivity index (χ2n) is 10.5. The molecule has 1 saturated carbocycles. The topological polar surface area (TPSA) is 82.1 Å². The first kappa shape index (κ1) is 25.4. The van der Waals surface area contributed by atoms with Gasteiger partial charge in [0, 0.05) is 63.8 Å². The largest absolute Gasteiger partial charge is 0.494 e. The van der Waals surface area contributed by atoms with Crippen molar-refractivity contribution in [3.63, 3.8) is 0 Å². The molecule has 3 heterocycles. The van der Waals surface area contributed by atoms with Crippen molar-refractivity contribution < 1.29 is 14.3 Å². The van der Waals surface area contributed by atoms with E-state index in [4.69, 9.17) is 14.7 Å². The van der Waals surface area contributed by atoms with Crippen LogP contribution in [0.1, 0.15) is 63.4 Å². The van der Waals surface area contributed by atoms with Crippen molar-refractivity contribution in [3.8, 4) is 5.75 Å². The molecule has 2 aromatic rings. The average molecular weight is 507 g/mol. The number of aldehydes is 1. The van der Waals surface area contributed by atoms with Crippen LogP contribution in [0.3, 0.4) is 0 Å². The first-order chi connectivity index (χ1) is 17.9. The molecule has 1 aromatic carbocycles. The van der Waals surface area contributed by atoms with Gasteiger partial charge in [0.2, 0.25) is 11.9 Å². The molecule has 9 heteroatoms. The highest BCUT2D eigenvalue weighted by atomic mass is 16.5. The van der Waals surface area contributed by atoms with Gasteiger partial charge < -0.3 is 24.2 Å². The Morgan fingerprint density at radius 2 is 1.84 bits per heavy atom. The summed E-state index contributed by atoms with van der Waals surface area (Å²) in [6.07, 6.45) is 3.29. The SMILES string of the molecule is CCOc1ccc(CN(c2nc(N3CCN(C(C)=O)CC3)nc3c2CN(C(C)C)[C@H]3C=O)C2CC2)cc1. The molecule has 1 aromatic heterocycles. The summed E-state index contributed by atoms with van der Waals surface area (Å²) in [6, 6.07) is 8.56. The fourth-order valence-electron chi connectivity index (χ4n) is 5.38. The Hall–Kier alpha value is -3.20. The molecule has 1 atom stereocenters. The Bertz CT molecular complexity index is 1130. The number of fused-ring (bicyclic) bond motifs is 1. The van der Waals surface area contributed by atoms with E-state index in [-0.39, 0.29) is 18.0 Å². The van der Waals surface area contributed by atoms with Crippen LogP contribution >= 0.6 is 0 Å². The molecular weight excluding hydrogens is 468 g/mol. The molecule has 1 amide bonds. The number of piperazine rings is 1. The van der Waals surface area contributed by atoms with Crippen LogP contribution in [0.5, 0.6) is 5.75 Å². The Balaban J connectivity index is 1.51. The van der Waals surface area contributed by atoms with Gasteiger partial charge in [0.25, 0.3) is 0 Å². The maximum absolute atomic E-state index is 12.3. The van der Waals surface area contributed by atoms with Gasteiger partial charge in [0.05, 0.1) is 12.3 Å². The van der Waals surface area contributed by atoms with Crippen LogP contribution in [0.15, 0.2) is 24.3 Å². The van der Waals surface area contributed by atoms with E-state index in [0.29, 0.717) is 51.3 Å². The summed E-state index contributed by atoms with van der Waals surface area (Å²) in [5.41, 5.74) is 3.09. The molecule has 5 rings (SSSR count). The third-order valence-electron chi connectivity index (χ3n) is 7.63. The van der Waals surface area contributed by atoms with Crippen molar-refractivity contribution in [2.24, 2.45) is 0 Å². The zero-order valence-corrected chi connectivity index (χ0v) is 22.4. The standard InChI is InChI=1S/C28H38N6O3/c1-5-37-23-10-6-21(7-11-23)16-34(22-8-9-22)27-24-17-33(19(2)3)25(18-35)26(24)29-28(30-27)32-14-12-31(13-15-32)20(4)36/h6-7,10-11,18-19,22,25H,5,8-9,12-17H2,1-4H3/t25-/m0/s1. The molecular formula is C28H38N6O3. The molecule has 37 heavy (non-hydrogen) atoms. The first-order valence-corrected chi connectivity index (χ1v) is 13.5.